The molecular formula is C88H138N2NiO8. The minimum absolute atomic E-state index is 0. The number of hydrogen-bond acceptors (Lipinski definition) is 8. The Kier molecular flexibility index (Phi) is 56.3. The van der Waals surface area contributed by atoms with Crippen molar-refractivity contribution in [3.05, 3.63) is 129 Å². The third kappa shape index (κ3) is 43.0. The van der Waals surface area contributed by atoms with Crippen molar-refractivity contribution in [2.24, 2.45) is 9.98 Å². The first-order chi connectivity index (χ1) is 47.6. The zero-order valence-electron chi connectivity index (χ0n) is 63.7. The van der Waals surface area contributed by atoms with E-state index in [4.69, 9.17) is 30.4 Å². The minimum Gasteiger partial charge on any atom is -0.869 e. The molecule has 4 aromatic rings. The molecule has 11 heteroatoms. The first-order valence-electron chi connectivity index (χ1n) is 39.7. The van der Waals surface area contributed by atoms with Gasteiger partial charge in [-0.1, -0.05) is 331 Å². The molecule has 0 saturated carbocycles. The number of carboxylic acids is 2. The number of rotatable bonds is 55. The summed E-state index contributed by atoms with van der Waals surface area (Å²) in [6.07, 6.45) is 74.2. The molecule has 0 amide bonds. The maximum Gasteiger partial charge on any atom is 2.00 e. The molecule has 0 aromatic heterocycles. The van der Waals surface area contributed by atoms with E-state index in [2.05, 4.69) is 101 Å². The zero-order valence-corrected chi connectivity index (χ0v) is 64.6. The third-order valence-corrected chi connectivity index (χ3v) is 19.3. The van der Waals surface area contributed by atoms with Crippen LogP contribution in [0.25, 0.3) is 0 Å². The van der Waals surface area contributed by atoms with Gasteiger partial charge < -0.3 is 30.6 Å². The number of para-hydroxylation sites is 2. The summed E-state index contributed by atoms with van der Waals surface area (Å²) < 4.78 is 0. The number of carbonyl (C=O) groups is 2. The fraction of sp³-hybridized carbons (Fsp3) is 0.636. The molecule has 99 heavy (non-hydrogen) atoms. The number of hydrogen-bond donors (Lipinski definition) is 4. The van der Waals surface area contributed by atoms with Gasteiger partial charge in [-0.25, -0.2) is 9.59 Å². The van der Waals surface area contributed by atoms with Crippen molar-refractivity contribution in [3.63, 3.8) is 0 Å². The summed E-state index contributed by atoms with van der Waals surface area (Å²) in [5, 5.41) is 57.8. The van der Waals surface area contributed by atoms with Crippen molar-refractivity contribution in [2.45, 2.75) is 364 Å². The van der Waals surface area contributed by atoms with Crippen LogP contribution in [0.4, 0.5) is 11.4 Å². The smallest absolute Gasteiger partial charge is 0.869 e. The zero-order chi connectivity index (χ0) is 71.6. The molecule has 558 valence electrons. The Bertz CT molecular complexity index is 2730. The van der Waals surface area contributed by atoms with Crippen molar-refractivity contribution in [3.8, 4) is 23.0 Å². The van der Waals surface area contributed by atoms with Crippen LogP contribution < -0.4 is 10.2 Å². The van der Waals surface area contributed by atoms with Crippen LogP contribution in [0.2, 0.25) is 0 Å². The van der Waals surface area contributed by atoms with E-state index >= 15 is 0 Å². The molecule has 4 aromatic carbocycles. The number of phenols is 2. The SMILES string of the molecule is CCCCCCCCCCCCCCCCCCC=CCCc1ccccc1N=C(CCCC)C(CCCCCCCC)=Nc1ccccc1CCC=CCCCCCCCCCCCCCCCCCC.Cc1cc(O)c([O-])c(C(=O)O)c1C.Cc1cc(O)c([O-])c(C(=O)O)c1C.[Ni+2]. The van der Waals surface area contributed by atoms with Gasteiger partial charge in [0, 0.05) is 0 Å². The van der Waals surface area contributed by atoms with E-state index in [1.807, 2.05) is 0 Å². The van der Waals surface area contributed by atoms with E-state index in [0.29, 0.717) is 22.3 Å². The van der Waals surface area contributed by atoms with Gasteiger partial charge in [0.25, 0.3) is 0 Å². The van der Waals surface area contributed by atoms with Crippen LogP contribution >= 0.6 is 0 Å². The Labute approximate surface area is 614 Å². The van der Waals surface area contributed by atoms with Gasteiger partial charge in [-0.15, -0.1) is 0 Å². The number of unbranched alkanes of at least 4 members (excludes halogenated alkanes) is 38. The van der Waals surface area contributed by atoms with Crippen molar-refractivity contribution in [1.82, 2.24) is 0 Å². The molecule has 0 aliphatic rings. The molecular weight excluding hydrogens is 1270 g/mol. The average molecular weight is 1410 g/mol. The first-order valence-corrected chi connectivity index (χ1v) is 39.7. The Morgan fingerprint density at radius 1 is 0.364 bits per heavy atom. The Morgan fingerprint density at radius 3 is 0.909 bits per heavy atom. The molecule has 4 rings (SSSR count). The van der Waals surface area contributed by atoms with E-state index in [9.17, 15) is 19.8 Å². The normalized spacial score (nSPS) is 11.6. The average Bonchev–Trinajstić information content (AvgIpc) is 0.838. The molecule has 10 nitrogen and oxygen atoms in total. The first kappa shape index (κ1) is 91.3. The fourth-order valence-corrected chi connectivity index (χ4v) is 12.7. The molecule has 0 spiro atoms. The number of nitrogens with zero attached hydrogens (tertiary/aromatic N) is 2. The van der Waals surface area contributed by atoms with Gasteiger partial charge in [-0.3, -0.25) is 9.98 Å². The summed E-state index contributed by atoms with van der Waals surface area (Å²) in [7, 11) is 0. The number of aliphatic imine (C=N–C) groups is 2. The summed E-state index contributed by atoms with van der Waals surface area (Å²) in [4.78, 5) is 32.4. The van der Waals surface area contributed by atoms with Crippen molar-refractivity contribution in [2.75, 3.05) is 0 Å². The van der Waals surface area contributed by atoms with Crippen LogP contribution in [0.5, 0.6) is 23.0 Å². The van der Waals surface area contributed by atoms with Gasteiger partial charge in [0.2, 0.25) is 0 Å². The molecule has 0 bridgehead atoms. The molecule has 0 aliphatic carbocycles. The molecule has 0 fully saturated rings. The fourth-order valence-electron chi connectivity index (χ4n) is 12.7. The molecule has 0 unspecified atom stereocenters. The Hall–Kier alpha value is -5.67. The molecule has 0 saturated heterocycles. The van der Waals surface area contributed by atoms with Gasteiger partial charge in [-0.2, -0.15) is 0 Å². The molecule has 0 heterocycles. The molecule has 4 N–H and O–H groups in total. The van der Waals surface area contributed by atoms with Gasteiger partial charge in [0.05, 0.1) is 33.9 Å². The number of benzene rings is 4. The number of allylic oxidation sites excluding steroid dienone is 4. The summed E-state index contributed by atoms with van der Waals surface area (Å²) in [6, 6.07) is 20.5. The van der Waals surface area contributed by atoms with Crippen molar-refractivity contribution >= 4 is 34.7 Å². The maximum absolute atomic E-state index is 11.2. The van der Waals surface area contributed by atoms with E-state index in [0.717, 1.165) is 62.7 Å². The number of phenolic OH excluding ortho intramolecular Hbond substituents is 2. The topological polar surface area (TPSA) is 186 Å². The van der Waals surface area contributed by atoms with E-state index in [-0.39, 0.29) is 27.6 Å². The van der Waals surface area contributed by atoms with Crippen LogP contribution in [0.15, 0.2) is 95.0 Å². The molecule has 0 aliphatic heterocycles. The Balaban J connectivity index is 0.00000149. The molecule has 0 radical (unpaired) electrons. The van der Waals surface area contributed by atoms with Crippen LogP contribution in [0.1, 0.15) is 377 Å². The van der Waals surface area contributed by atoms with E-state index < -0.39 is 34.9 Å². The van der Waals surface area contributed by atoms with Gasteiger partial charge in [0.15, 0.2) is 0 Å². The van der Waals surface area contributed by atoms with Crippen molar-refractivity contribution < 1.29 is 56.7 Å². The van der Waals surface area contributed by atoms with Gasteiger partial charge in [0.1, 0.15) is 11.5 Å². The monoisotopic (exact) mass is 1410 g/mol. The van der Waals surface area contributed by atoms with Crippen molar-refractivity contribution in [1.29, 1.82) is 0 Å². The standard InChI is InChI=1S/C70H120N2.2C9H10O4.Ni/c1-5-9-13-16-19-21-23-25-27-29-31-33-35-37-39-41-43-45-47-50-57-65-59-53-55-62-67(65)71-69(61-12-8-4)70(64-52-49-18-15-11-7-3)72-68-63-56-54-60-66(68)58-51-48-46-44-42-40-38-36-34-32-30-28-26-24-22-20-17-14-10-6-2;2*1-4-3-6(10)8(11)7(5(4)2)9(12)13;/h45-48,53-56,59-60,62-63H,5-44,49-52,57-58,61,64H2,1-4H3;2*3,10-11H,1-2H3,(H,12,13);/q;;;+2/p-2. The second-order valence-electron chi connectivity index (χ2n) is 27.9. The van der Waals surface area contributed by atoms with E-state index in [1.165, 1.54) is 292 Å². The van der Waals surface area contributed by atoms with Gasteiger partial charge in [-0.05, 0) is 162 Å². The predicted octanol–water partition coefficient (Wildman–Crippen LogP) is 26.3. The van der Waals surface area contributed by atoms with Crippen LogP contribution in [0, 0.1) is 27.7 Å². The van der Waals surface area contributed by atoms with Crippen LogP contribution in [-0.2, 0) is 29.3 Å². The number of aromatic carboxylic acids is 2. The second-order valence-corrected chi connectivity index (χ2v) is 27.9. The largest absolute Gasteiger partial charge is 2.00 e. The van der Waals surface area contributed by atoms with Gasteiger partial charge >= 0.3 is 28.4 Å². The van der Waals surface area contributed by atoms with Crippen LogP contribution in [0.3, 0.4) is 0 Å². The predicted molar refractivity (Wildman–Crippen MR) is 416 cm³/mol. The summed E-state index contributed by atoms with van der Waals surface area (Å²) >= 11 is 0. The summed E-state index contributed by atoms with van der Waals surface area (Å²) in [6.45, 7) is 15.6. The number of aromatic hydroxyl groups is 2. The van der Waals surface area contributed by atoms with Crippen LogP contribution in [-0.4, -0.2) is 43.8 Å². The summed E-state index contributed by atoms with van der Waals surface area (Å²) in [5.41, 5.74) is 8.75. The quantitative estimate of drug-likeness (QED) is 0.0146. The second kappa shape index (κ2) is 61.0. The number of aryl methyl sites for hydroxylation is 4. The Morgan fingerprint density at radius 2 is 0.616 bits per heavy atom. The number of carboxylic acid groups (broad SMARTS) is 2. The third-order valence-electron chi connectivity index (χ3n) is 19.3. The molecule has 0 atom stereocenters. The maximum atomic E-state index is 11.2. The minimum atomic E-state index is -1.30. The summed E-state index contributed by atoms with van der Waals surface area (Å²) in [5.74, 6) is -5.28. The van der Waals surface area contributed by atoms with E-state index in [1.54, 1.807) is 27.7 Å².